The van der Waals surface area contributed by atoms with Crippen molar-refractivity contribution in [2.45, 2.75) is 116 Å². The number of nitrogens with one attached hydrogen (secondary N) is 1. The van der Waals surface area contributed by atoms with E-state index in [9.17, 15) is 19.2 Å². The predicted octanol–water partition coefficient (Wildman–Crippen LogP) is 8.50. The van der Waals surface area contributed by atoms with Gasteiger partial charge in [-0.1, -0.05) is 182 Å². The van der Waals surface area contributed by atoms with Crippen molar-refractivity contribution < 1.29 is 38.4 Å². The van der Waals surface area contributed by atoms with Gasteiger partial charge in [-0.2, -0.15) is 5.06 Å². The SMILES string of the molecule is CON1C(C)(C)CC(NCC(=O)N(CC(=O)N(CC(=O)N(CC(=O)N(CC(=O)N(CC(=O)N(CC(N)=O)Cc2ccccc2)Cc2ccccc2)Cc2ccccc2)C(C)c2ccccc2)[C@@H](C)c2ccccc2)[C@@H](C)c2ccccc2)CC1(C)C. The normalized spacial score (nSPS) is 14.8. The molecular weight excluding hydrogens is 1080 g/mol. The zero-order valence-corrected chi connectivity index (χ0v) is 51.1. The minimum atomic E-state index is -0.720. The quantitative estimate of drug-likeness (QED) is 0.0482. The highest BCUT2D eigenvalue weighted by molar-refractivity contribution is 5.93. The lowest BCUT2D eigenvalue weighted by molar-refractivity contribution is -0.267. The Morgan fingerprint density at radius 3 is 1.03 bits per heavy atom. The lowest BCUT2D eigenvalue weighted by atomic mass is 9.79. The van der Waals surface area contributed by atoms with Gasteiger partial charge in [0.25, 0.3) is 0 Å². The number of nitrogens with two attached hydrogens (primary N) is 1. The molecule has 0 bridgehead atoms. The Bertz CT molecular complexity index is 3160. The fourth-order valence-electron chi connectivity index (χ4n) is 11.8. The number of benzene rings is 6. The summed E-state index contributed by atoms with van der Waals surface area (Å²) in [5.41, 5.74) is 9.46. The van der Waals surface area contributed by atoms with Crippen LogP contribution in [0.15, 0.2) is 182 Å². The topological polar surface area (TPSA) is 189 Å². The molecule has 0 spiro atoms. The predicted molar refractivity (Wildman–Crippen MR) is 333 cm³/mol. The Hall–Kier alpha value is -8.51. The van der Waals surface area contributed by atoms with Gasteiger partial charge in [0.15, 0.2) is 0 Å². The molecule has 0 radical (unpaired) electrons. The number of carbonyl (C=O) groups excluding carboxylic acids is 7. The standard InChI is InChI=1S/C69H85N9O8/c1-51(57-33-21-12-22-34-57)75(62(80)41-71-60-39-68(4,5)78(86-8)69(6,7)40-60)49-66(84)77(53(3)59-37-25-14-26-38-59)50-67(85)76(52(2)58-35-23-13-24-36-58)48-65(83)74(44-56-31-19-11-20-32-56)47-64(82)73(43-55-29-17-10-18-30-55)46-63(81)72(45-61(70)79)42-54-27-15-9-16-28-54/h9-38,51-53,60,71H,39-50H2,1-8H3,(H2,70,79)/t51-,52?,53-/m0/s1. The van der Waals surface area contributed by atoms with Gasteiger partial charge in [-0.15, -0.1) is 0 Å². The number of hydrogen-bond donors (Lipinski definition) is 2. The van der Waals surface area contributed by atoms with Crippen molar-refractivity contribution in [3.63, 3.8) is 0 Å². The van der Waals surface area contributed by atoms with Crippen molar-refractivity contribution in [1.29, 1.82) is 0 Å². The van der Waals surface area contributed by atoms with Gasteiger partial charge in [0, 0.05) is 36.8 Å². The summed E-state index contributed by atoms with van der Waals surface area (Å²) in [7, 11) is 1.68. The first-order chi connectivity index (χ1) is 41.1. The molecule has 0 aliphatic carbocycles. The second kappa shape index (κ2) is 30.5. The summed E-state index contributed by atoms with van der Waals surface area (Å²) in [5, 5.41) is 5.55. The van der Waals surface area contributed by atoms with E-state index in [4.69, 9.17) is 10.6 Å². The average molecular weight is 1170 g/mol. The van der Waals surface area contributed by atoms with E-state index in [0.29, 0.717) is 18.4 Å². The number of amides is 7. The number of hydrogen-bond acceptors (Lipinski definition) is 10. The van der Waals surface area contributed by atoms with E-state index in [1.807, 2.05) is 208 Å². The Kier molecular flexibility index (Phi) is 23.1. The monoisotopic (exact) mass is 1170 g/mol. The number of piperidine rings is 1. The molecule has 6 aromatic rings. The molecule has 0 aromatic heterocycles. The third-order valence-corrected chi connectivity index (χ3v) is 16.1. The van der Waals surface area contributed by atoms with Crippen LogP contribution in [0.3, 0.4) is 0 Å². The minimum Gasteiger partial charge on any atom is -0.368 e. The highest BCUT2D eigenvalue weighted by Gasteiger charge is 2.46. The molecule has 1 fully saturated rings. The van der Waals surface area contributed by atoms with Gasteiger partial charge in [-0.25, -0.2) is 0 Å². The van der Waals surface area contributed by atoms with E-state index >= 15 is 14.4 Å². The van der Waals surface area contributed by atoms with Gasteiger partial charge in [0.05, 0.1) is 38.3 Å². The molecule has 1 aliphatic heterocycles. The lowest BCUT2D eigenvalue weighted by Crippen LogP contribution is -2.63. The molecule has 86 heavy (non-hydrogen) atoms. The Labute approximate surface area is 507 Å². The molecule has 3 N–H and O–H groups in total. The van der Waals surface area contributed by atoms with E-state index < -0.39 is 79.7 Å². The molecule has 0 saturated carbocycles. The van der Waals surface area contributed by atoms with Gasteiger partial charge in [0.1, 0.15) is 32.7 Å². The summed E-state index contributed by atoms with van der Waals surface area (Å²) in [4.78, 5) is 117. The average Bonchev–Trinajstić information content (AvgIpc) is 1.45. The Morgan fingerprint density at radius 2 is 0.721 bits per heavy atom. The zero-order chi connectivity index (χ0) is 62.0. The molecule has 6 aromatic carbocycles. The van der Waals surface area contributed by atoms with Crippen LogP contribution in [-0.2, 0) is 58.0 Å². The van der Waals surface area contributed by atoms with Crippen molar-refractivity contribution >= 4 is 41.4 Å². The van der Waals surface area contributed by atoms with Crippen LogP contribution in [0.2, 0.25) is 0 Å². The molecule has 7 amide bonds. The van der Waals surface area contributed by atoms with Crippen molar-refractivity contribution in [2.24, 2.45) is 5.73 Å². The molecule has 17 nitrogen and oxygen atoms in total. The Morgan fingerprint density at radius 1 is 0.442 bits per heavy atom. The first-order valence-electron chi connectivity index (χ1n) is 29.5. The van der Waals surface area contributed by atoms with Gasteiger partial charge >= 0.3 is 0 Å². The maximum atomic E-state index is 15.6. The van der Waals surface area contributed by atoms with E-state index in [1.54, 1.807) is 12.0 Å². The van der Waals surface area contributed by atoms with Crippen LogP contribution in [0, 0.1) is 0 Å². The minimum absolute atomic E-state index is 0.00224. The lowest BCUT2D eigenvalue weighted by Gasteiger charge is -2.53. The third kappa shape index (κ3) is 18.0. The molecular formula is C69H85N9O8. The number of rotatable bonds is 28. The maximum absolute atomic E-state index is 15.6. The van der Waals surface area contributed by atoms with Crippen LogP contribution in [0.4, 0.5) is 0 Å². The fraction of sp³-hybridized carbons (Fsp3) is 0.377. The molecule has 7 rings (SSSR count). The summed E-state index contributed by atoms with van der Waals surface area (Å²) in [6.07, 6.45) is 1.41. The summed E-state index contributed by atoms with van der Waals surface area (Å²) >= 11 is 0. The van der Waals surface area contributed by atoms with E-state index in [-0.39, 0.29) is 62.3 Å². The smallest absolute Gasteiger partial charge is 0.243 e. The number of carbonyl (C=O) groups is 7. The second-order valence-corrected chi connectivity index (χ2v) is 23.6. The van der Waals surface area contributed by atoms with E-state index in [0.717, 1.165) is 27.8 Å². The molecule has 1 heterocycles. The van der Waals surface area contributed by atoms with Crippen molar-refractivity contribution in [3.05, 3.63) is 215 Å². The van der Waals surface area contributed by atoms with Crippen LogP contribution < -0.4 is 11.1 Å². The largest absolute Gasteiger partial charge is 0.368 e. The number of primary amides is 1. The third-order valence-electron chi connectivity index (χ3n) is 16.1. The van der Waals surface area contributed by atoms with Crippen molar-refractivity contribution in [2.75, 3.05) is 52.9 Å². The van der Waals surface area contributed by atoms with Crippen LogP contribution >= 0.6 is 0 Å². The molecule has 454 valence electrons. The molecule has 1 unspecified atom stereocenters. The molecule has 3 atom stereocenters. The van der Waals surface area contributed by atoms with Gasteiger partial charge in [0.2, 0.25) is 41.4 Å². The van der Waals surface area contributed by atoms with Crippen LogP contribution in [-0.4, -0.2) is 146 Å². The van der Waals surface area contributed by atoms with Gasteiger partial charge in [-0.3, -0.25) is 33.6 Å². The van der Waals surface area contributed by atoms with Crippen molar-refractivity contribution in [1.82, 2.24) is 39.8 Å². The molecule has 1 aliphatic rings. The van der Waals surface area contributed by atoms with Crippen molar-refractivity contribution in [3.8, 4) is 0 Å². The summed E-state index contributed by atoms with van der Waals surface area (Å²) in [6.45, 7) is 11.4. The fourth-order valence-corrected chi connectivity index (χ4v) is 11.8. The second-order valence-electron chi connectivity index (χ2n) is 23.6. The maximum Gasteiger partial charge on any atom is 0.243 e. The van der Waals surface area contributed by atoms with Crippen LogP contribution in [0.5, 0.6) is 0 Å². The summed E-state index contributed by atoms with van der Waals surface area (Å²) < 4.78 is 0. The highest BCUT2D eigenvalue weighted by atomic mass is 16.7. The summed E-state index contributed by atoms with van der Waals surface area (Å²) in [5.74, 6) is -3.71. The van der Waals surface area contributed by atoms with Crippen LogP contribution in [0.25, 0.3) is 0 Å². The van der Waals surface area contributed by atoms with Gasteiger partial charge < -0.3 is 45.3 Å². The number of hydroxylamine groups is 2. The molecule has 17 heteroatoms. The molecule has 1 saturated heterocycles. The van der Waals surface area contributed by atoms with E-state index in [2.05, 4.69) is 33.0 Å². The van der Waals surface area contributed by atoms with Gasteiger partial charge in [-0.05, 0) is 94.7 Å². The number of nitrogens with zero attached hydrogens (tertiary/aromatic N) is 7. The Balaban J connectivity index is 1.20. The van der Waals surface area contributed by atoms with Crippen LogP contribution in [0.1, 0.15) is 113 Å². The highest BCUT2D eigenvalue weighted by Crippen LogP contribution is 2.38. The first-order valence-corrected chi connectivity index (χ1v) is 29.5. The summed E-state index contributed by atoms with van der Waals surface area (Å²) in [6, 6.07) is 53.6. The first kappa shape index (κ1) is 65.0. The van der Waals surface area contributed by atoms with E-state index in [1.165, 1.54) is 24.5 Å². The zero-order valence-electron chi connectivity index (χ0n) is 51.1.